The normalized spacial score (nSPS) is 15.0. The molecule has 0 unspecified atom stereocenters. The van der Waals surface area contributed by atoms with Gasteiger partial charge in [-0.2, -0.15) is 0 Å². The van der Waals surface area contributed by atoms with Crippen LogP contribution in [-0.4, -0.2) is 33.0 Å². The molecule has 0 atom stereocenters. The molecular weight excluding hydrogens is 424 g/mol. The van der Waals surface area contributed by atoms with Crippen LogP contribution in [0.2, 0.25) is 5.02 Å². The number of thiophene rings is 1. The van der Waals surface area contributed by atoms with Gasteiger partial charge in [0.15, 0.2) is 0 Å². The summed E-state index contributed by atoms with van der Waals surface area (Å²) in [6, 6.07) is 14.1. The minimum absolute atomic E-state index is 0.391. The number of halogens is 1. The van der Waals surface area contributed by atoms with Gasteiger partial charge in [-0.25, -0.2) is 13.1 Å². The van der Waals surface area contributed by atoms with E-state index in [1.165, 1.54) is 22.5 Å². The van der Waals surface area contributed by atoms with Gasteiger partial charge in [0.25, 0.3) is 0 Å². The Kier molecular flexibility index (Phi) is 6.27. The Bertz CT molecular complexity index is 1130. The van der Waals surface area contributed by atoms with Crippen LogP contribution in [0.15, 0.2) is 46.7 Å². The summed E-state index contributed by atoms with van der Waals surface area (Å²) < 4.78 is 29.6. The maximum absolute atomic E-state index is 12.8. The molecule has 0 aliphatic carbocycles. The zero-order valence-electron chi connectivity index (χ0n) is 16.4. The van der Waals surface area contributed by atoms with Gasteiger partial charge >= 0.3 is 0 Å². The maximum atomic E-state index is 12.8. The Morgan fingerprint density at radius 1 is 1.14 bits per heavy atom. The highest BCUT2D eigenvalue weighted by molar-refractivity contribution is 7.91. The SMILES string of the molecule is Cc1c(S(=O)(=O)NCCCCN2CCc3ccccc3C2)sc2ccc(Cl)cc12. The van der Waals surface area contributed by atoms with E-state index in [4.69, 9.17) is 11.6 Å². The van der Waals surface area contributed by atoms with Crippen molar-refractivity contribution in [2.45, 2.75) is 36.9 Å². The Morgan fingerprint density at radius 3 is 2.76 bits per heavy atom. The van der Waals surface area contributed by atoms with E-state index in [0.717, 1.165) is 54.5 Å². The second kappa shape index (κ2) is 8.74. The van der Waals surface area contributed by atoms with Crippen molar-refractivity contribution in [2.24, 2.45) is 0 Å². The Morgan fingerprint density at radius 2 is 1.93 bits per heavy atom. The van der Waals surface area contributed by atoms with Crippen LogP contribution in [0.1, 0.15) is 29.5 Å². The van der Waals surface area contributed by atoms with Crippen molar-refractivity contribution in [3.63, 3.8) is 0 Å². The van der Waals surface area contributed by atoms with Gasteiger partial charge < -0.3 is 0 Å². The summed E-state index contributed by atoms with van der Waals surface area (Å²) >= 11 is 7.36. The second-order valence-electron chi connectivity index (χ2n) is 7.55. The zero-order valence-corrected chi connectivity index (χ0v) is 18.8. The molecule has 1 aliphatic heterocycles. The standard InChI is InChI=1S/C22H25ClN2O2S2/c1-16-20-14-19(23)8-9-21(20)28-22(16)29(26,27)24-11-4-5-12-25-13-10-17-6-2-3-7-18(17)15-25/h2-3,6-9,14,24H,4-5,10-13,15H2,1H3. The van der Waals surface area contributed by atoms with E-state index in [1.54, 1.807) is 6.07 Å². The van der Waals surface area contributed by atoms with Crippen LogP contribution >= 0.6 is 22.9 Å². The van der Waals surface area contributed by atoms with Crippen LogP contribution in [0.5, 0.6) is 0 Å². The average molecular weight is 449 g/mol. The largest absolute Gasteiger partial charge is 0.299 e. The molecule has 154 valence electrons. The molecule has 0 amide bonds. The molecule has 1 aliphatic rings. The third-order valence-corrected chi connectivity index (χ3v) is 9.09. The molecule has 29 heavy (non-hydrogen) atoms. The number of nitrogens with zero attached hydrogens (tertiary/aromatic N) is 1. The molecule has 2 heterocycles. The Labute approximate surface area is 181 Å². The molecule has 4 rings (SSSR count). The average Bonchev–Trinajstić information content (AvgIpc) is 3.04. The summed E-state index contributed by atoms with van der Waals surface area (Å²) in [5.41, 5.74) is 3.64. The number of hydrogen-bond acceptors (Lipinski definition) is 4. The summed E-state index contributed by atoms with van der Waals surface area (Å²) in [4.78, 5) is 2.46. The summed E-state index contributed by atoms with van der Waals surface area (Å²) in [5.74, 6) is 0. The fourth-order valence-corrected chi connectivity index (χ4v) is 6.94. The van der Waals surface area contributed by atoms with Crippen LogP contribution < -0.4 is 4.72 Å². The third-order valence-electron chi connectivity index (χ3n) is 5.50. The van der Waals surface area contributed by atoms with Crippen LogP contribution in [0.4, 0.5) is 0 Å². The van der Waals surface area contributed by atoms with Crippen LogP contribution in [-0.2, 0) is 23.0 Å². The fourth-order valence-electron chi connectivity index (χ4n) is 3.90. The van der Waals surface area contributed by atoms with Gasteiger partial charge in [-0.1, -0.05) is 35.9 Å². The lowest BCUT2D eigenvalue weighted by Crippen LogP contribution is -2.32. The smallest absolute Gasteiger partial charge is 0.250 e. The third kappa shape index (κ3) is 4.67. The van der Waals surface area contributed by atoms with Crippen LogP contribution in [0, 0.1) is 6.92 Å². The summed E-state index contributed by atoms with van der Waals surface area (Å²) in [6.07, 6.45) is 2.90. The van der Waals surface area contributed by atoms with Crippen molar-refractivity contribution >= 4 is 43.0 Å². The fraction of sp³-hybridized carbons (Fsp3) is 0.364. The Balaban J connectivity index is 1.29. The first kappa shape index (κ1) is 20.8. The van der Waals surface area contributed by atoms with Crippen LogP contribution in [0.3, 0.4) is 0 Å². The Hall–Kier alpha value is -1.44. The monoisotopic (exact) mass is 448 g/mol. The number of hydrogen-bond donors (Lipinski definition) is 1. The van der Waals surface area contributed by atoms with Crippen molar-refractivity contribution in [1.82, 2.24) is 9.62 Å². The molecule has 2 aromatic carbocycles. The van der Waals surface area contributed by atoms with Gasteiger partial charge in [-0.05, 0) is 73.0 Å². The predicted molar refractivity (Wildman–Crippen MR) is 121 cm³/mol. The molecule has 0 spiro atoms. The molecule has 0 saturated heterocycles. The lowest BCUT2D eigenvalue weighted by Gasteiger charge is -2.28. The molecule has 0 saturated carbocycles. The van der Waals surface area contributed by atoms with E-state index in [1.807, 2.05) is 19.1 Å². The number of fused-ring (bicyclic) bond motifs is 2. The zero-order chi connectivity index (χ0) is 20.4. The lowest BCUT2D eigenvalue weighted by atomic mass is 10.00. The second-order valence-corrected chi connectivity index (χ2v) is 11.0. The number of sulfonamides is 1. The minimum Gasteiger partial charge on any atom is -0.299 e. The highest BCUT2D eigenvalue weighted by Gasteiger charge is 2.21. The number of unbranched alkanes of at least 4 members (excludes halogenated alkanes) is 1. The highest BCUT2D eigenvalue weighted by atomic mass is 35.5. The van der Waals surface area contributed by atoms with Crippen molar-refractivity contribution in [1.29, 1.82) is 0 Å². The number of nitrogens with one attached hydrogen (secondary N) is 1. The van der Waals surface area contributed by atoms with Gasteiger partial charge in [-0.15, -0.1) is 11.3 Å². The molecule has 0 fully saturated rings. The first-order valence-corrected chi connectivity index (χ1v) is 12.6. The number of benzene rings is 2. The molecule has 4 nitrogen and oxygen atoms in total. The van der Waals surface area contributed by atoms with Gasteiger partial charge in [0, 0.05) is 29.4 Å². The van der Waals surface area contributed by atoms with Gasteiger partial charge in [0.05, 0.1) is 0 Å². The molecule has 1 aromatic heterocycles. The van der Waals surface area contributed by atoms with Crippen molar-refractivity contribution in [3.8, 4) is 0 Å². The first-order valence-electron chi connectivity index (χ1n) is 9.91. The molecule has 1 N–H and O–H groups in total. The van der Waals surface area contributed by atoms with Crippen molar-refractivity contribution in [2.75, 3.05) is 19.6 Å². The van der Waals surface area contributed by atoms with Crippen molar-refractivity contribution < 1.29 is 8.42 Å². The van der Waals surface area contributed by atoms with Gasteiger partial charge in [0.2, 0.25) is 10.0 Å². The summed E-state index contributed by atoms with van der Waals surface area (Å²) in [5, 5.41) is 1.53. The summed E-state index contributed by atoms with van der Waals surface area (Å²) in [7, 11) is -3.50. The molecule has 0 bridgehead atoms. The lowest BCUT2D eigenvalue weighted by molar-refractivity contribution is 0.249. The van der Waals surface area contributed by atoms with Gasteiger partial charge in [0.1, 0.15) is 4.21 Å². The topological polar surface area (TPSA) is 49.4 Å². The first-order chi connectivity index (χ1) is 13.9. The maximum Gasteiger partial charge on any atom is 0.250 e. The van der Waals surface area contributed by atoms with Gasteiger partial charge in [-0.3, -0.25) is 4.90 Å². The molecule has 3 aromatic rings. The minimum atomic E-state index is -3.50. The molecule has 7 heteroatoms. The number of rotatable bonds is 7. The van der Waals surface area contributed by atoms with E-state index >= 15 is 0 Å². The summed E-state index contributed by atoms with van der Waals surface area (Å²) in [6.45, 7) is 5.37. The van der Waals surface area contributed by atoms with Crippen LogP contribution in [0.25, 0.3) is 10.1 Å². The predicted octanol–water partition coefficient (Wildman–Crippen LogP) is 4.98. The van der Waals surface area contributed by atoms with E-state index in [2.05, 4.69) is 33.9 Å². The van der Waals surface area contributed by atoms with E-state index in [9.17, 15) is 8.42 Å². The molecular formula is C22H25ClN2O2S2. The van der Waals surface area contributed by atoms with E-state index in [0.29, 0.717) is 15.8 Å². The van der Waals surface area contributed by atoms with Crippen molar-refractivity contribution in [3.05, 3.63) is 64.2 Å². The molecule has 0 radical (unpaired) electrons. The highest BCUT2D eigenvalue weighted by Crippen LogP contribution is 2.35. The van der Waals surface area contributed by atoms with E-state index in [-0.39, 0.29) is 0 Å². The van der Waals surface area contributed by atoms with E-state index < -0.39 is 10.0 Å². The number of aryl methyl sites for hydroxylation is 1. The quantitative estimate of drug-likeness (QED) is 0.518.